The number of ether oxygens (including phenoxy) is 1. The zero-order valence-corrected chi connectivity index (χ0v) is 21.5. The summed E-state index contributed by atoms with van der Waals surface area (Å²) in [4.78, 5) is 32.4. The van der Waals surface area contributed by atoms with Gasteiger partial charge in [0, 0.05) is 35.1 Å². The lowest BCUT2D eigenvalue weighted by Crippen LogP contribution is -2.46. The molecule has 1 atom stereocenters. The van der Waals surface area contributed by atoms with Crippen molar-refractivity contribution < 1.29 is 18.7 Å². The molecule has 36 heavy (non-hydrogen) atoms. The number of aryl methyl sites for hydroxylation is 2. The van der Waals surface area contributed by atoms with Gasteiger partial charge < -0.3 is 19.9 Å². The van der Waals surface area contributed by atoms with Crippen LogP contribution in [0.5, 0.6) is 0 Å². The van der Waals surface area contributed by atoms with Gasteiger partial charge in [-0.1, -0.05) is 30.3 Å². The number of hydrogen-bond acceptors (Lipinski definition) is 4. The molecule has 3 aromatic rings. The Balaban J connectivity index is 1.52. The summed E-state index contributed by atoms with van der Waals surface area (Å²) in [5, 5.41) is 2.96. The van der Waals surface area contributed by atoms with Crippen LogP contribution in [0.3, 0.4) is 0 Å². The zero-order chi connectivity index (χ0) is 25.5. The largest absolute Gasteiger partial charge is 0.376 e. The highest BCUT2D eigenvalue weighted by atomic mass is 32.1. The SMILES string of the molecule is Cc1ccc(CN(Cc2ccc(F)cc2)C(=O)CN(CC2CCCO2)C(=O)Nc2ccccc2C)s1. The summed E-state index contributed by atoms with van der Waals surface area (Å²) in [5.41, 5.74) is 2.48. The maximum absolute atomic E-state index is 13.6. The summed E-state index contributed by atoms with van der Waals surface area (Å²) in [6.07, 6.45) is 1.71. The van der Waals surface area contributed by atoms with Crippen molar-refractivity contribution >= 4 is 29.0 Å². The molecule has 1 aromatic heterocycles. The van der Waals surface area contributed by atoms with Gasteiger partial charge in [-0.25, -0.2) is 9.18 Å². The molecule has 1 saturated heterocycles. The molecule has 1 fully saturated rings. The standard InChI is InChI=1S/C28H32FN3O3S/c1-20-6-3-4-8-26(20)30-28(34)32(17-24-7-5-15-35-24)19-27(33)31(18-25-14-9-21(2)36-25)16-22-10-12-23(29)13-11-22/h3-4,6,8-14,24H,5,7,15-19H2,1-2H3,(H,30,34). The Morgan fingerprint density at radius 3 is 2.47 bits per heavy atom. The van der Waals surface area contributed by atoms with Gasteiger partial charge in [0.1, 0.15) is 12.4 Å². The Kier molecular flexibility index (Phi) is 8.72. The first-order chi connectivity index (χ1) is 17.4. The minimum atomic E-state index is -0.332. The summed E-state index contributed by atoms with van der Waals surface area (Å²) in [5.74, 6) is -0.496. The maximum atomic E-state index is 13.6. The van der Waals surface area contributed by atoms with Gasteiger partial charge >= 0.3 is 6.03 Å². The molecule has 3 amide bonds. The van der Waals surface area contributed by atoms with Crippen molar-refractivity contribution in [3.05, 3.63) is 87.4 Å². The van der Waals surface area contributed by atoms with Gasteiger partial charge in [0.25, 0.3) is 0 Å². The molecule has 0 saturated carbocycles. The molecular weight excluding hydrogens is 477 g/mol. The van der Waals surface area contributed by atoms with Gasteiger partial charge in [-0.15, -0.1) is 11.3 Å². The first kappa shape index (κ1) is 25.9. The van der Waals surface area contributed by atoms with Gasteiger partial charge in [-0.2, -0.15) is 0 Å². The van der Waals surface area contributed by atoms with Crippen LogP contribution in [-0.2, 0) is 22.6 Å². The Bertz CT molecular complexity index is 1170. The number of nitrogens with zero attached hydrogens (tertiary/aromatic N) is 2. The first-order valence-corrected chi connectivity index (χ1v) is 13.0. The average Bonchev–Trinajstić information content (AvgIpc) is 3.52. The number of para-hydroxylation sites is 1. The van der Waals surface area contributed by atoms with Gasteiger partial charge in [0.15, 0.2) is 0 Å². The molecule has 2 aromatic carbocycles. The molecule has 8 heteroatoms. The molecule has 1 unspecified atom stereocenters. The molecule has 4 rings (SSSR count). The number of urea groups is 1. The average molecular weight is 510 g/mol. The van der Waals surface area contributed by atoms with Gasteiger partial charge in [-0.05, 0) is 68.1 Å². The van der Waals surface area contributed by atoms with E-state index in [-0.39, 0.29) is 30.4 Å². The zero-order valence-electron chi connectivity index (χ0n) is 20.7. The molecule has 0 spiro atoms. The highest BCUT2D eigenvalue weighted by Gasteiger charge is 2.27. The van der Waals surface area contributed by atoms with E-state index in [0.29, 0.717) is 31.9 Å². The fourth-order valence-electron chi connectivity index (χ4n) is 4.22. The third-order valence-electron chi connectivity index (χ3n) is 6.23. The minimum absolute atomic E-state index is 0.0802. The predicted molar refractivity (Wildman–Crippen MR) is 140 cm³/mol. The van der Waals surface area contributed by atoms with Crippen LogP contribution in [0.15, 0.2) is 60.7 Å². The summed E-state index contributed by atoms with van der Waals surface area (Å²) in [6.45, 7) is 5.62. The molecule has 1 aliphatic heterocycles. The number of anilines is 1. The third kappa shape index (κ3) is 7.15. The molecule has 1 N–H and O–H groups in total. The number of amides is 3. The molecule has 1 aliphatic rings. The number of halogens is 1. The van der Waals surface area contributed by atoms with E-state index in [0.717, 1.165) is 33.7 Å². The summed E-state index contributed by atoms with van der Waals surface area (Å²) in [6, 6.07) is 17.4. The van der Waals surface area contributed by atoms with Crippen LogP contribution in [0, 0.1) is 19.7 Å². The molecular formula is C28H32FN3O3S. The van der Waals surface area contributed by atoms with Crippen LogP contribution in [0.4, 0.5) is 14.9 Å². The van der Waals surface area contributed by atoms with Crippen LogP contribution in [0.1, 0.15) is 33.7 Å². The molecule has 190 valence electrons. The van der Waals surface area contributed by atoms with Crippen LogP contribution < -0.4 is 5.32 Å². The van der Waals surface area contributed by atoms with Crippen molar-refractivity contribution in [1.82, 2.24) is 9.80 Å². The van der Waals surface area contributed by atoms with Crippen molar-refractivity contribution in [3.63, 3.8) is 0 Å². The van der Waals surface area contributed by atoms with Gasteiger partial charge in [-0.3, -0.25) is 4.79 Å². The third-order valence-corrected chi connectivity index (χ3v) is 7.22. The van der Waals surface area contributed by atoms with E-state index < -0.39 is 0 Å². The second-order valence-electron chi connectivity index (χ2n) is 9.15. The Hall–Kier alpha value is -3.23. The summed E-state index contributed by atoms with van der Waals surface area (Å²) in [7, 11) is 0. The number of thiophene rings is 1. The quantitative estimate of drug-likeness (QED) is 0.400. The monoisotopic (exact) mass is 509 g/mol. The van der Waals surface area contributed by atoms with E-state index in [1.165, 1.54) is 12.1 Å². The highest BCUT2D eigenvalue weighted by molar-refractivity contribution is 7.11. The number of benzene rings is 2. The van der Waals surface area contributed by atoms with Crippen molar-refractivity contribution in [2.45, 2.75) is 45.9 Å². The normalized spacial score (nSPS) is 15.0. The van der Waals surface area contributed by atoms with Crippen molar-refractivity contribution in [2.75, 3.05) is 25.0 Å². The Morgan fingerprint density at radius 2 is 1.81 bits per heavy atom. The van der Waals surface area contributed by atoms with Crippen molar-refractivity contribution in [1.29, 1.82) is 0 Å². The highest BCUT2D eigenvalue weighted by Crippen LogP contribution is 2.21. The van der Waals surface area contributed by atoms with Gasteiger partial charge in [0.2, 0.25) is 5.91 Å². The number of carbonyl (C=O) groups excluding carboxylic acids is 2. The van der Waals surface area contributed by atoms with Crippen LogP contribution in [-0.4, -0.2) is 47.5 Å². The predicted octanol–water partition coefficient (Wildman–Crippen LogP) is 5.75. The fraction of sp³-hybridized carbons (Fsp3) is 0.357. The Morgan fingerprint density at radius 1 is 1.03 bits per heavy atom. The molecule has 6 nitrogen and oxygen atoms in total. The van der Waals surface area contributed by atoms with E-state index in [2.05, 4.69) is 5.32 Å². The van der Waals surface area contributed by atoms with Crippen molar-refractivity contribution in [2.24, 2.45) is 0 Å². The number of hydrogen-bond donors (Lipinski definition) is 1. The van der Waals surface area contributed by atoms with E-state index in [9.17, 15) is 14.0 Å². The number of rotatable bonds is 9. The lowest BCUT2D eigenvalue weighted by molar-refractivity contribution is -0.133. The topological polar surface area (TPSA) is 61.9 Å². The number of carbonyl (C=O) groups is 2. The van der Waals surface area contributed by atoms with E-state index in [4.69, 9.17) is 4.74 Å². The molecule has 0 aliphatic carbocycles. The molecule has 0 bridgehead atoms. The van der Waals surface area contributed by atoms with Crippen LogP contribution in [0.2, 0.25) is 0 Å². The summed E-state index contributed by atoms with van der Waals surface area (Å²) >= 11 is 1.63. The van der Waals surface area contributed by atoms with Gasteiger partial charge in [0.05, 0.1) is 12.6 Å². The maximum Gasteiger partial charge on any atom is 0.322 e. The van der Waals surface area contributed by atoms with E-state index in [1.807, 2.05) is 50.2 Å². The van der Waals surface area contributed by atoms with Crippen molar-refractivity contribution in [3.8, 4) is 0 Å². The molecule has 2 heterocycles. The smallest absolute Gasteiger partial charge is 0.322 e. The van der Waals surface area contributed by atoms with Crippen LogP contribution >= 0.6 is 11.3 Å². The number of nitrogens with one attached hydrogen (secondary N) is 1. The summed E-state index contributed by atoms with van der Waals surface area (Å²) < 4.78 is 19.2. The lowest BCUT2D eigenvalue weighted by atomic mass is 10.2. The van der Waals surface area contributed by atoms with E-state index in [1.54, 1.807) is 33.3 Å². The second kappa shape index (κ2) is 12.1. The first-order valence-electron chi connectivity index (χ1n) is 12.2. The lowest BCUT2D eigenvalue weighted by Gasteiger charge is -2.29. The minimum Gasteiger partial charge on any atom is -0.376 e. The van der Waals surface area contributed by atoms with E-state index >= 15 is 0 Å². The fourth-order valence-corrected chi connectivity index (χ4v) is 5.13. The molecule has 0 radical (unpaired) electrons. The second-order valence-corrected chi connectivity index (χ2v) is 10.5. The van der Waals surface area contributed by atoms with Crippen LogP contribution in [0.25, 0.3) is 0 Å². The Labute approximate surface area is 215 Å².